The fourth-order valence-electron chi connectivity index (χ4n) is 3.38. The number of rotatable bonds is 5. The molecular weight excluding hydrogens is 342 g/mol. The van der Waals surface area contributed by atoms with Crippen LogP contribution in [0.3, 0.4) is 0 Å². The van der Waals surface area contributed by atoms with E-state index >= 15 is 0 Å². The van der Waals surface area contributed by atoms with Crippen molar-refractivity contribution in [3.63, 3.8) is 0 Å². The van der Waals surface area contributed by atoms with Crippen molar-refractivity contribution in [1.29, 1.82) is 0 Å². The van der Waals surface area contributed by atoms with E-state index in [0.29, 0.717) is 23.4 Å². The van der Waals surface area contributed by atoms with Crippen molar-refractivity contribution in [3.05, 3.63) is 54.4 Å². The first-order chi connectivity index (χ1) is 13.2. The molecule has 2 heterocycles. The van der Waals surface area contributed by atoms with Gasteiger partial charge in [0.25, 0.3) is 5.91 Å². The molecular formula is C20H21N5O2. The summed E-state index contributed by atoms with van der Waals surface area (Å²) in [4.78, 5) is 24.6. The van der Waals surface area contributed by atoms with Gasteiger partial charge < -0.3 is 15.8 Å². The maximum atomic E-state index is 11.5. The average molecular weight is 363 g/mol. The summed E-state index contributed by atoms with van der Waals surface area (Å²) in [5, 5.41) is 4.45. The second-order valence-electron chi connectivity index (χ2n) is 6.71. The third-order valence-electron chi connectivity index (χ3n) is 4.81. The van der Waals surface area contributed by atoms with Gasteiger partial charge in [-0.2, -0.15) is 0 Å². The molecule has 1 aliphatic carbocycles. The molecule has 0 unspecified atom stereocenters. The number of hydrogen-bond acceptors (Lipinski definition) is 6. The Morgan fingerprint density at radius 1 is 1.07 bits per heavy atom. The molecule has 0 radical (unpaired) electrons. The van der Waals surface area contributed by atoms with Gasteiger partial charge in [0.1, 0.15) is 11.7 Å². The van der Waals surface area contributed by atoms with Crippen molar-refractivity contribution in [2.24, 2.45) is 5.73 Å². The number of nitrogens with zero attached hydrogens (tertiary/aromatic N) is 3. The van der Waals surface area contributed by atoms with E-state index in [1.54, 1.807) is 18.3 Å². The number of aromatic nitrogens is 3. The topological polar surface area (TPSA) is 103 Å². The predicted molar refractivity (Wildman–Crippen MR) is 103 cm³/mol. The Hall–Kier alpha value is -3.22. The van der Waals surface area contributed by atoms with Gasteiger partial charge in [-0.1, -0.05) is 18.2 Å². The monoisotopic (exact) mass is 363 g/mol. The number of hydrogen-bond donors (Lipinski definition) is 2. The zero-order valence-corrected chi connectivity index (χ0v) is 14.8. The number of amides is 1. The summed E-state index contributed by atoms with van der Waals surface area (Å²) in [6.45, 7) is 0. The van der Waals surface area contributed by atoms with Gasteiger partial charge in [-0.05, 0) is 43.9 Å². The molecule has 3 N–H and O–H groups in total. The van der Waals surface area contributed by atoms with Gasteiger partial charge in [-0.15, -0.1) is 0 Å². The van der Waals surface area contributed by atoms with Crippen LogP contribution in [0.1, 0.15) is 36.0 Å². The van der Waals surface area contributed by atoms with E-state index in [2.05, 4.69) is 20.3 Å². The van der Waals surface area contributed by atoms with E-state index in [-0.39, 0.29) is 6.10 Å². The molecule has 1 fully saturated rings. The van der Waals surface area contributed by atoms with Gasteiger partial charge in [0.2, 0.25) is 11.8 Å². The predicted octanol–water partition coefficient (Wildman–Crippen LogP) is 2.93. The number of ether oxygens (including phenoxy) is 1. The first-order valence-corrected chi connectivity index (χ1v) is 9.09. The van der Waals surface area contributed by atoms with Crippen LogP contribution >= 0.6 is 0 Å². The number of carbonyl (C=O) groups excluding carboxylic acids is 1. The van der Waals surface area contributed by atoms with Gasteiger partial charge in [-0.3, -0.25) is 4.79 Å². The van der Waals surface area contributed by atoms with Gasteiger partial charge in [0.05, 0.1) is 5.52 Å². The maximum absolute atomic E-state index is 11.5. The summed E-state index contributed by atoms with van der Waals surface area (Å²) < 4.78 is 5.93. The Bertz CT molecular complexity index is 954. The van der Waals surface area contributed by atoms with Crippen LogP contribution in [0.4, 0.5) is 5.95 Å². The molecule has 2 aromatic heterocycles. The fraction of sp³-hybridized carbons (Fsp3) is 0.300. The molecule has 7 heteroatoms. The lowest BCUT2D eigenvalue weighted by Gasteiger charge is -2.29. The van der Waals surface area contributed by atoms with Crippen molar-refractivity contribution in [2.45, 2.75) is 37.8 Å². The van der Waals surface area contributed by atoms with Crippen LogP contribution in [0, 0.1) is 0 Å². The minimum Gasteiger partial charge on any atom is -0.474 e. The SMILES string of the molecule is NC(=O)c1cccnc1O[C@H]1CC[C@H](Nc2ncc3ccccc3n2)CC1. The molecule has 1 aliphatic rings. The number of benzene rings is 1. The highest BCUT2D eigenvalue weighted by molar-refractivity contribution is 5.94. The Balaban J connectivity index is 1.35. The first kappa shape index (κ1) is 17.2. The minimum absolute atomic E-state index is 0.0218. The van der Waals surface area contributed by atoms with E-state index in [1.165, 1.54) is 0 Å². The Morgan fingerprint density at radius 2 is 1.89 bits per heavy atom. The molecule has 0 spiro atoms. The van der Waals surface area contributed by atoms with Crippen molar-refractivity contribution < 1.29 is 9.53 Å². The Morgan fingerprint density at radius 3 is 2.70 bits per heavy atom. The number of pyridine rings is 1. The molecule has 27 heavy (non-hydrogen) atoms. The summed E-state index contributed by atoms with van der Waals surface area (Å²) in [6, 6.07) is 11.5. The lowest BCUT2D eigenvalue weighted by molar-refractivity contribution is 0.0983. The highest BCUT2D eigenvalue weighted by Crippen LogP contribution is 2.26. The van der Waals surface area contributed by atoms with Crippen molar-refractivity contribution in [1.82, 2.24) is 15.0 Å². The van der Waals surface area contributed by atoms with Crippen LogP contribution in [0.15, 0.2) is 48.8 Å². The second kappa shape index (κ2) is 7.57. The Kier molecular flexibility index (Phi) is 4.82. The molecule has 3 aromatic rings. The van der Waals surface area contributed by atoms with E-state index in [0.717, 1.165) is 36.6 Å². The zero-order chi connectivity index (χ0) is 18.6. The molecule has 0 aliphatic heterocycles. The molecule has 1 amide bonds. The molecule has 0 atom stereocenters. The number of fused-ring (bicyclic) bond motifs is 1. The summed E-state index contributed by atoms with van der Waals surface area (Å²) in [5.74, 6) is 0.444. The number of primary amides is 1. The van der Waals surface area contributed by atoms with E-state index in [9.17, 15) is 4.79 Å². The third-order valence-corrected chi connectivity index (χ3v) is 4.81. The largest absolute Gasteiger partial charge is 0.474 e. The van der Waals surface area contributed by atoms with E-state index < -0.39 is 5.91 Å². The standard InChI is InChI=1S/C20H21N5O2/c21-18(26)16-5-3-11-22-19(16)27-15-9-7-14(8-10-15)24-20-23-12-13-4-1-2-6-17(13)25-20/h1-6,11-12,14-15H,7-10H2,(H2,21,26)(H,23,24,25)/t14-,15-. The number of carbonyl (C=O) groups is 1. The molecule has 138 valence electrons. The van der Waals surface area contributed by atoms with Crippen LogP contribution in [0.2, 0.25) is 0 Å². The van der Waals surface area contributed by atoms with Gasteiger partial charge >= 0.3 is 0 Å². The zero-order valence-electron chi connectivity index (χ0n) is 14.8. The smallest absolute Gasteiger partial charge is 0.254 e. The van der Waals surface area contributed by atoms with Gasteiger partial charge in [0.15, 0.2) is 0 Å². The van der Waals surface area contributed by atoms with Gasteiger partial charge in [-0.25, -0.2) is 15.0 Å². The summed E-state index contributed by atoms with van der Waals surface area (Å²) >= 11 is 0. The van der Waals surface area contributed by atoms with E-state index in [4.69, 9.17) is 10.5 Å². The third kappa shape index (κ3) is 3.97. The highest BCUT2D eigenvalue weighted by Gasteiger charge is 2.24. The molecule has 0 saturated heterocycles. The number of anilines is 1. The van der Waals surface area contributed by atoms with Crippen LogP contribution in [-0.4, -0.2) is 33.0 Å². The summed E-state index contributed by atoms with van der Waals surface area (Å²) in [5.41, 5.74) is 6.64. The first-order valence-electron chi connectivity index (χ1n) is 9.09. The van der Waals surface area contributed by atoms with Crippen LogP contribution in [0.5, 0.6) is 5.88 Å². The highest BCUT2D eigenvalue weighted by atomic mass is 16.5. The van der Waals surface area contributed by atoms with Crippen LogP contribution in [0.25, 0.3) is 10.9 Å². The van der Waals surface area contributed by atoms with Crippen molar-refractivity contribution in [3.8, 4) is 5.88 Å². The number of para-hydroxylation sites is 1. The van der Waals surface area contributed by atoms with E-state index in [1.807, 2.05) is 30.5 Å². The number of nitrogens with one attached hydrogen (secondary N) is 1. The average Bonchev–Trinajstić information content (AvgIpc) is 2.70. The second-order valence-corrected chi connectivity index (χ2v) is 6.71. The summed E-state index contributed by atoms with van der Waals surface area (Å²) in [6.07, 6.45) is 7.05. The van der Waals surface area contributed by atoms with Crippen molar-refractivity contribution in [2.75, 3.05) is 5.32 Å². The molecule has 1 saturated carbocycles. The fourth-order valence-corrected chi connectivity index (χ4v) is 3.38. The number of nitrogens with two attached hydrogens (primary N) is 1. The van der Waals surface area contributed by atoms with Crippen LogP contribution in [-0.2, 0) is 0 Å². The molecule has 0 bridgehead atoms. The lowest BCUT2D eigenvalue weighted by atomic mass is 9.93. The lowest BCUT2D eigenvalue weighted by Crippen LogP contribution is -2.32. The summed E-state index contributed by atoms with van der Waals surface area (Å²) in [7, 11) is 0. The quantitative estimate of drug-likeness (QED) is 0.722. The normalized spacial score (nSPS) is 19.6. The minimum atomic E-state index is -0.526. The van der Waals surface area contributed by atoms with Crippen LogP contribution < -0.4 is 15.8 Å². The maximum Gasteiger partial charge on any atom is 0.254 e. The molecule has 1 aromatic carbocycles. The van der Waals surface area contributed by atoms with Gasteiger partial charge in [0, 0.05) is 23.8 Å². The molecule has 4 rings (SSSR count). The molecule has 7 nitrogen and oxygen atoms in total. The van der Waals surface area contributed by atoms with Crippen molar-refractivity contribution >= 4 is 22.8 Å². The Labute approximate surface area is 157 Å².